The van der Waals surface area contributed by atoms with Gasteiger partial charge in [0, 0.05) is 0 Å². The van der Waals surface area contributed by atoms with Crippen LogP contribution in [0, 0.1) is 0 Å². The van der Waals surface area contributed by atoms with E-state index in [9.17, 15) is 0 Å². The van der Waals surface area contributed by atoms with Crippen molar-refractivity contribution in [1.82, 2.24) is 0 Å². The van der Waals surface area contributed by atoms with Crippen LogP contribution in [0.5, 0.6) is 0 Å². The van der Waals surface area contributed by atoms with Gasteiger partial charge in [-0.2, -0.15) is 0 Å². The summed E-state index contributed by atoms with van der Waals surface area (Å²) < 4.78 is 0. The minimum Gasteiger partial charge on any atom is -0.0720 e. The Morgan fingerprint density at radius 2 is 1.20 bits per heavy atom. The van der Waals surface area contributed by atoms with Gasteiger partial charge >= 0.3 is 0 Å². The summed E-state index contributed by atoms with van der Waals surface area (Å²) in [5.41, 5.74) is 1.41. The summed E-state index contributed by atoms with van der Waals surface area (Å²) >= 11 is 0. The second-order valence-corrected chi connectivity index (χ2v) is 5.51. The summed E-state index contributed by atoms with van der Waals surface area (Å²) in [4.78, 5) is 0. The van der Waals surface area contributed by atoms with Crippen molar-refractivity contribution >= 4 is 33.7 Å². The first kappa shape index (κ1) is 11.5. The lowest BCUT2D eigenvalue weighted by Crippen LogP contribution is -2.25. The zero-order valence-corrected chi connectivity index (χ0v) is 11.6. The molecule has 3 aromatic carbocycles. The van der Waals surface area contributed by atoms with Crippen LogP contribution in [0.15, 0.2) is 60.2 Å². The SMILES string of the molecule is CC1=CC=c2c(c3ccccc3c3ccccc23)=CC1. The first-order chi connectivity index (χ1) is 9.84. The van der Waals surface area contributed by atoms with Crippen molar-refractivity contribution in [3.8, 4) is 0 Å². The quantitative estimate of drug-likeness (QED) is 0.535. The van der Waals surface area contributed by atoms with Crippen molar-refractivity contribution in [2.45, 2.75) is 13.3 Å². The van der Waals surface area contributed by atoms with E-state index in [2.05, 4.69) is 73.7 Å². The molecule has 0 nitrogen and oxygen atoms in total. The van der Waals surface area contributed by atoms with Crippen LogP contribution in [0.3, 0.4) is 0 Å². The molecule has 1 aliphatic carbocycles. The maximum atomic E-state index is 2.37. The van der Waals surface area contributed by atoms with E-state index >= 15 is 0 Å². The predicted octanol–water partition coefficient (Wildman–Crippen LogP) is 3.90. The second-order valence-electron chi connectivity index (χ2n) is 5.51. The molecule has 1 aliphatic rings. The topological polar surface area (TPSA) is 0 Å². The Kier molecular flexibility index (Phi) is 2.50. The smallest absolute Gasteiger partial charge is 0.00990 e. The Morgan fingerprint density at radius 3 is 1.85 bits per heavy atom. The Balaban J connectivity index is 2.38. The average Bonchev–Trinajstić information content (AvgIpc) is 2.70. The Labute approximate surface area is 118 Å². The molecule has 0 radical (unpaired) electrons. The zero-order valence-electron chi connectivity index (χ0n) is 11.6. The molecule has 0 amide bonds. The van der Waals surface area contributed by atoms with Gasteiger partial charge < -0.3 is 0 Å². The van der Waals surface area contributed by atoms with Gasteiger partial charge in [-0.1, -0.05) is 72.3 Å². The van der Waals surface area contributed by atoms with E-state index in [1.54, 1.807) is 0 Å². The van der Waals surface area contributed by atoms with Gasteiger partial charge in [-0.25, -0.2) is 0 Å². The molecule has 0 atom stereocenters. The number of fused-ring (bicyclic) bond motifs is 6. The standard InChI is InChI=1S/C20H16/c1-14-10-12-19-17-8-4-2-6-15(17)16-7-3-5-9-18(16)20(19)13-11-14/h2-10,12-13H,11H2,1H3. The van der Waals surface area contributed by atoms with Gasteiger partial charge in [0.1, 0.15) is 0 Å². The van der Waals surface area contributed by atoms with Gasteiger partial charge in [0.25, 0.3) is 0 Å². The first-order valence-electron chi connectivity index (χ1n) is 7.12. The number of allylic oxidation sites excluding steroid dienone is 2. The van der Waals surface area contributed by atoms with Crippen molar-refractivity contribution in [3.05, 3.63) is 70.6 Å². The summed E-state index contributed by atoms with van der Waals surface area (Å²) in [5, 5.41) is 8.15. The summed E-state index contributed by atoms with van der Waals surface area (Å²) in [6.07, 6.45) is 7.94. The molecule has 0 spiro atoms. The van der Waals surface area contributed by atoms with E-state index in [0.29, 0.717) is 0 Å². The van der Waals surface area contributed by atoms with Gasteiger partial charge in [0.2, 0.25) is 0 Å². The fraction of sp³-hybridized carbons (Fsp3) is 0.100. The highest BCUT2D eigenvalue weighted by molar-refractivity contribution is 6.08. The lowest BCUT2D eigenvalue weighted by Gasteiger charge is -2.06. The van der Waals surface area contributed by atoms with Crippen LogP contribution in [0.25, 0.3) is 33.7 Å². The van der Waals surface area contributed by atoms with Crippen LogP contribution in [0.1, 0.15) is 13.3 Å². The third-order valence-electron chi connectivity index (χ3n) is 4.18. The van der Waals surface area contributed by atoms with E-state index in [1.165, 1.54) is 37.6 Å². The van der Waals surface area contributed by atoms with Crippen LogP contribution in [-0.4, -0.2) is 0 Å². The molecule has 0 saturated carbocycles. The molecule has 20 heavy (non-hydrogen) atoms. The highest BCUT2D eigenvalue weighted by Crippen LogP contribution is 2.20. The van der Waals surface area contributed by atoms with Gasteiger partial charge in [0.05, 0.1) is 0 Å². The van der Waals surface area contributed by atoms with E-state index in [1.807, 2.05) is 0 Å². The summed E-state index contributed by atoms with van der Waals surface area (Å²) in [5.74, 6) is 0. The molecule has 0 aliphatic heterocycles. The molecule has 96 valence electrons. The lowest BCUT2D eigenvalue weighted by molar-refractivity contribution is 1.27. The van der Waals surface area contributed by atoms with E-state index in [4.69, 9.17) is 0 Å². The monoisotopic (exact) mass is 256 g/mol. The molecule has 0 fully saturated rings. The second kappa shape index (κ2) is 4.35. The number of hydrogen-bond donors (Lipinski definition) is 0. The van der Waals surface area contributed by atoms with Crippen molar-refractivity contribution in [1.29, 1.82) is 0 Å². The van der Waals surface area contributed by atoms with Crippen LogP contribution < -0.4 is 10.4 Å². The third-order valence-corrected chi connectivity index (χ3v) is 4.18. The Hall–Kier alpha value is -2.34. The van der Waals surface area contributed by atoms with Crippen LogP contribution in [0.2, 0.25) is 0 Å². The maximum Gasteiger partial charge on any atom is -0.00990 e. The molecule has 0 heteroatoms. The molecule has 3 aromatic rings. The highest BCUT2D eigenvalue weighted by Gasteiger charge is 2.05. The minimum atomic E-state index is 1.03. The third kappa shape index (κ3) is 1.61. The molecular formula is C20H16. The molecule has 0 N–H and O–H groups in total. The van der Waals surface area contributed by atoms with Crippen LogP contribution in [-0.2, 0) is 0 Å². The van der Waals surface area contributed by atoms with Crippen molar-refractivity contribution in [2.75, 3.05) is 0 Å². The predicted molar refractivity (Wildman–Crippen MR) is 88.0 cm³/mol. The number of benzene rings is 3. The van der Waals surface area contributed by atoms with Gasteiger partial charge in [0.15, 0.2) is 0 Å². The van der Waals surface area contributed by atoms with E-state index < -0.39 is 0 Å². The molecule has 4 rings (SSSR count). The largest absolute Gasteiger partial charge is 0.0720 e. The summed E-state index contributed by atoms with van der Waals surface area (Å²) in [6.45, 7) is 2.20. The normalized spacial score (nSPS) is 14.2. The molecule has 0 saturated heterocycles. The fourth-order valence-electron chi connectivity index (χ4n) is 3.15. The van der Waals surface area contributed by atoms with Crippen molar-refractivity contribution < 1.29 is 0 Å². The molecular weight excluding hydrogens is 240 g/mol. The Bertz CT molecular complexity index is 972. The van der Waals surface area contributed by atoms with Crippen molar-refractivity contribution in [3.63, 3.8) is 0 Å². The minimum absolute atomic E-state index is 1.03. The lowest BCUT2D eigenvalue weighted by atomic mass is 9.97. The molecule has 0 heterocycles. The van der Waals surface area contributed by atoms with Crippen LogP contribution >= 0.6 is 0 Å². The molecule has 0 bridgehead atoms. The molecule has 0 unspecified atom stereocenters. The van der Waals surface area contributed by atoms with E-state index in [-0.39, 0.29) is 0 Å². The highest BCUT2D eigenvalue weighted by atomic mass is 14.1. The van der Waals surface area contributed by atoms with E-state index in [0.717, 1.165) is 6.42 Å². The average molecular weight is 256 g/mol. The fourth-order valence-corrected chi connectivity index (χ4v) is 3.15. The number of hydrogen-bond acceptors (Lipinski definition) is 0. The first-order valence-corrected chi connectivity index (χ1v) is 7.12. The van der Waals surface area contributed by atoms with Crippen LogP contribution in [0.4, 0.5) is 0 Å². The maximum absolute atomic E-state index is 2.37. The molecule has 0 aromatic heterocycles. The Morgan fingerprint density at radius 1 is 0.650 bits per heavy atom. The van der Waals surface area contributed by atoms with Gasteiger partial charge in [-0.3, -0.25) is 0 Å². The zero-order chi connectivity index (χ0) is 13.5. The summed E-state index contributed by atoms with van der Waals surface area (Å²) in [6, 6.07) is 17.5. The number of rotatable bonds is 0. The summed E-state index contributed by atoms with van der Waals surface area (Å²) in [7, 11) is 0. The van der Waals surface area contributed by atoms with Crippen molar-refractivity contribution in [2.24, 2.45) is 0 Å². The van der Waals surface area contributed by atoms with Gasteiger partial charge in [-0.05, 0) is 45.3 Å². The van der Waals surface area contributed by atoms with Gasteiger partial charge in [-0.15, -0.1) is 0 Å².